The molecule has 3 aromatic rings. The highest BCUT2D eigenvalue weighted by atomic mass is 16.2. The van der Waals surface area contributed by atoms with Gasteiger partial charge < -0.3 is 14.6 Å². The lowest BCUT2D eigenvalue weighted by molar-refractivity contribution is 0.0629. The van der Waals surface area contributed by atoms with Crippen molar-refractivity contribution < 1.29 is 4.79 Å². The maximum atomic E-state index is 13.1. The molecule has 1 aromatic carbocycles. The molecule has 0 spiro atoms. The minimum absolute atomic E-state index is 0.00768. The second kappa shape index (κ2) is 6.09. The lowest BCUT2D eigenvalue weighted by Crippen LogP contribution is -2.48. The average Bonchev–Trinajstić information content (AvgIpc) is 3.05. The fourth-order valence-electron chi connectivity index (χ4n) is 3.27. The molecule has 1 saturated heterocycles. The van der Waals surface area contributed by atoms with Gasteiger partial charge in [0.1, 0.15) is 11.3 Å². The number of hydrogen-bond donors (Lipinski definition) is 1. The Hall–Kier alpha value is -2.66. The summed E-state index contributed by atoms with van der Waals surface area (Å²) in [6.45, 7) is 4.29. The van der Waals surface area contributed by atoms with Crippen LogP contribution in [0.5, 0.6) is 0 Å². The van der Waals surface area contributed by atoms with Gasteiger partial charge in [0, 0.05) is 32.0 Å². The summed E-state index contributed by atoms with van der Waals surface area (Å²) in [5, 5.41) is 3.38. The van der Waals surface area contributed by atoms with Crippen LogP contribution in [0.4, 0.5) is 0 Å². The average molecular weight is 320 g/mol. The highest BCUT2D eigenvalue weighted by Gasteiger charge is 2.29. The van der Waals surface area contributed by atoms with Gasteiger partial charge in [-0.3, -0.25) is 4.79 Å². The Balaban J connectivity index is 1.67. The number of benzene rings is 1. The Morgan fingerprint density at radius 3 is 2.83 bits per heavy atom. The number of fused-ring (bicyclic) bond motifs is 1. The van der Waals surface area contributed by atoms with E-state index in [0.29, 0.717) is 12.2 Å². The van der Waals surface area contributed by atoms with E-state index in [0.717, 1.165) is 29.9 Å². The first-order chi connectivity index (χ1) is 11.7. The third kappa shape index (κ3) is 2.67. The van der Waals surface area contributed by atoms with Crippen molar-refractivity contribution >= 4 is 11.6 Å². The monoisotopic (exact) mass is 320 g/mol. The number of hydrogen-bond acceptors (Lipinski definition) is 3. The number of imidazole rings is 1. The molecule has 1 atom stereocenters. The van der Waals surface area contributed by atoms with Crippen molar-refractivity contribution in [3.05, 3.63) is 71.7 Å². The van der Waals surface area contributed by atoms with Crippen LogP contribution in [0.15, 0.2) is 54.9 Å². The zero-order valence-corrected chi connectivity index (χ0v) is 13.6. The van der Waals surface area contributed by atoms with E-state index < -0.39 is 0 Å². The van der Waals surface area contributed by atoms with Crippen molar-refractivity contribution in [1.82, 2.24) is 19.6 Å². The fraction of sp³-hybridized carbons (Fsp3) is 0.263. The van der Waals surface area contributed by atoms with E-state index in [1.165, 1.54) is 0 Å². The van der Waals surface area contributed by atoms with Crippen LogP contribution in [-0.4, -0.2) is 39.8 Å². The maximum absolute atomic E-state index is 13.1. The van der Waals surface area contributed by atoms with Gasteiger partial charge in [0.25, 0.3) is 5.91 Å². The summed E-state index contributed by atoms with van der Waals surface area (Å²) in [5.41, 5.74) is 3.60. The quantitative estimate of drug-likeness (QED) is 0.789. The van der Waals surface area contributed by atoms with Crippen molar-refractivity contribution in [2.24, 2.45) is 0 Å². The molecule has 122 valence electrons. The van der Waals surface area contributed by atoms with Crippen LogP contribution in [0.1, 0.15) is 27.7 Å². The summed E-state index contributed by atoms with van der Waals surface area (Å²) in [5.74, 6) is -0.00768. The van der Waals surface area contributed by atoms with E-state index in [9.17, 15) is 4.79 Å². The van der Waals surface area contributed by atoms with Gasteiger partial charge in [-0.15, -0.1) is 0 Å². The first kappa shape index (κ1) is 14.9. The molecule has 3 heterocycles. The van der Waals surface area contributed by atoms with E-state index in [2.05, 4.69) is 22.4 Å². The van der Waals surface area contributed by atoms with Gasteiger partial charge in [0.05, 0.1) is 6.04 Å². The van der Waals surface area contributed by atoms with Gasteiger partial charge in [-0.25, -0.2) is 4.98 Å². The number of piperazine rings is 1. The van der Waals surface area contributed by atoms with E-state index in [4.69, 9.17) is 0 Å². The summed E-state index contributed by atoms with van der Waals surface area (Å²) in [7, 11) is 0. The molecular formula is C19H20N4O. The Bertz CT molecular complexity index is 871. The van der Waals surface area contributed by atoms with Gasteiger partial charge in [0.15, 0.2) is 0 Å². The predicted molar refractivity (Wildman–Crippen MR) is 93.0 cm³/mol. The molecule has 24 heavy (non-hydrogen) atoms. The molecule has 1 fully saturated rings. The number of aromatic nitrogens is 2. The molecule has 4 rings (SSSR count). The van der Waals surface area contributed by atoms with Crippen LogP contribution >= 0.6 is 0 Å². The summed E-state index contributed by atoms with van der Waals surface area (Å²) in [4.78, 5) is 19.5. The molecule has 1 aliphatic heterocycles. The number of carbonyl (C=O) groups is 1. The number of nitrogens with one attached hydrogen (secondary N) is 1. The van der Waals surface area contributed by atoms with Crippen molar-refractivity contribution in [1.29, 1.82) is 0 Å². The van der Waals surface area contributed by atoms with Gasteiger partial charge in [-0.05, 0) is 24.1 Å². The Morgan fingerprint density at radius 1 is 1.17 bits per heavy atom. The molecule has 0 saturated carbocycles. The lowest BCUT2D eigenvalue weighted by Gasteiger charge is -2.36. The standard InChI is InChI=1S/C19H20N4O/c1-14-7-8-18-21-16(13-22(18)12-14)19(24)23-10-9-20-11-17(23)15-5-3-2-4-6-15/h2-8,12-13,17,20H,9-11H2,1H3. The largest absolute Gasteiger partial charge is 0.328 e. The third-order valence-corrected chi connectivity index (χ3v) is 4.51. The van der Waals surface area contributed by atoms with Crippen LogP contribution in [0.2, 0.25) is 0 Å². The Kier molecular flexibility index (Phi) is 3.78. The van der Waals surface area contributed by atoms with Crippen LogP contribution in [-0.2, 0) is 0 Å². The number of carbonyl (C=O) groups excluding carboxylic acids is 1. The summed E-state index contributed by atoms with van der Waals surface area (Å²) in [6, 6.07) is 14.2. The molecule has 5 nitrogen and oxygen atoms in total. The van der Waals surface area contributed by atoms with Crippen molar-refractivity contribution in [2.45, 2.75) is 13.0 Å². The minimum atomic E-state index is -0.00768. The molecule has 2 aromatic heterocycles. The normalized spacial score (nSPS) is 18.0. The molecule has 5 heteroatoms. The molecule has 1 unspecified atom stereocenters. The zero-order valence-electron chi connectivity index (χ0n) is 13.6. The SMILES string of the molecule is Cc1ccc2nc(C(=O)N3CCNCC3c3ccccc3)cn2c1. The molecular weight excluding hydrogens is 300 g/mol. The van der Waals surface area contributed by atoms with Crippen molar-refractivity contribution in [3.63, 3.8) is 0 Å². The van der Waals surface area contributed by atoms with Crippen LogP contribution < -0.4 is 5.32 Å². The summed E-state index contributed by atoms with van der Waals surface area (Å²) in [6.07, 6.45) is 3.82. The van der Waals surface area contributed by atoms with Crippen LogP contribution in [0.25, 0.3) is 5.65 Å². The molecule has 1 N–H and O–H groups in total. The summed E-state index contributed by atoms with van der Waals surface area (Å²) < 4.78 is 1.92. The Morgan fingerprint density at radius 2 is 2.00 bits per heavy atom. The number of pyridine rings is 1. The van der Waals surface area contributed by atoms with Gasteiger partial charge in [0.2, 0.25) is 0 Å². The van der Waals surface area contributed by atoms with Gasteiger partial charge in [-0.1, -0.05) is 36.4 Å². The molecule has 1 aliphatic rings. The third-order valence-electron chi connectivity index (χ3n) is 4.51. The van der Waals surface area contributed by atoms with Crippen molar-refractivity contribution in [2.75, 3.05) is 19.6 Å². The highest BCUT2D eigenvalue weighted by Crippen LogP contribution is 2.24. The predicted octanol–water partition coefficient (Wildman–Crippen LogP) is 2.43. The van der Waals surface area contributed by atoms with E-state index >= 15 is 0 Å². The molecule has 0 radical (unpaired) electrons. The smallest absolute Gasteiger partial charge is 0.274 e. The molecule has 0 aliphatic carbocycles. The van der Waals surface area contributed by atoms with E-state index in [1.807, 2.05) is 58.9 Å². The molecule has 0 bridgehead atoms. The highest BCUT2D eigenvalue weighted by molar-refractivity contribution is 5.93. The fourth-order valence-corrected chi connectivity index (χ4v) is 3.27. The Labute approximate surface area is 140 Å². The first-order valence-corrected chi connectivity index (χ1v) is 8.24. The van der Waals surface area contributed by atoms with Gasteiger partial charge in [-0.2, -0.15) is 0 Å². The number of aryl methyl sites for hydroxylation is 1. The minimum Gasteiger partial charge on any atom is -0.328 e. The number of amides is 1. The number of rotatable bonds is 2. The van der Waals surface area contributed by atoms with Crippen molar-refractivity contribution in [3.8, 4) is 0 Å². The zero-order chi connectivity index (χ0) is 16.5. The summed E-state index contributed by atoms with van der Waals surface area (Å²) >= 11 is 0. The second-order valence-electron chi connectivity index (χ2n) is 6.23. The first-order valence-electron chi connectivity index (χ1n) is 8.24. The maximum Gasteiger partial charge on any atom is 0.274 e. The second-order valence-corrected chi connectivity index (χ2v) is 6.23. The lowest BCUT2D eigenvalue weighted by atomic mass is 10.0. The van der Waals surface area contributed by atoms with Crippen LogP contribution in [0.3, 0.4) is 0 Å². The topological polar surface area (TPSA) is 49.6 Å². The van der Waals surface area contributed by atoms with Gasteiger partial charge >= 0.3 is 0 Å². The van der Waals surface area contributed by atoms with E-state index in [1.54, 1.807) is 0 Å². The number of nitrogens with zero attached hydrogens (tertiary/aromatic N) is 3. The van der Waals surface area contributed by atoms with E-state index in [-0.39, 0.29) is 11.9 Å². The van der Waals surface area contributed by atoms with Crippen LogP contribution in [0, 0.1) is 6.92 Å². The molecule has 1 amide bonds.